The number of aromatic amines is 2. The number of ether oxygens (including phenoxy) is 3. The molecule has 15 heteroatoms. The van der Waals surface area contributed by atoms with Gasteiger partial charge in [0.25, 0.3) is 0 Å². The molecule has 274 valence electrons. The number of methoxy groups -OCH3 is 2. The van der Waals surface area contributed by atoms with Gasteiger partial charge in [-0.3, -0.25) is 9.59 Å². The highest BCUT2D eigenvalue weighted by molar-refractivity contribution is 5.84. The zero-order chi connectivity index (χ0) is 36.8. The molecule has 0 saturated carbocycles. The normalized spacial score (nSPS) is 12.3. The molecular weight excluding hydrogens is 668 g/mol. The van der Waals surface area contributed by atoms with E-state index in [2.05, 4.69) is 65.4 Å². The van der Waals surface area contributed by atoms with E-state index in [1.165, 1.54) is 19.8 Å². The molecule has 0 spiro atoms. The van der Waals surface area contributed by atoms with Crippen LogP contribution in [0.25, 0.3) is 33.6 Å². The van der Waals surface area contributed by atoms with Crippen molar-refractivity contribution in [3.63, 3.8) is 0 Å². The summed E-state index contributed by atoms with van der Waals surface area (Å²) in [5.74, 6) is 1.69. The molecule has 3 heterocycles. The number of hydrogen-bond donors (Lipinski definition) is 4. The van der Waals surface area contributed by atoms with Crippen LogP contribution in [0.1, 0.15) is 55.2 Å². The molecule has 2 aromatic carbocycles. The number of amides is 4. The number of carbonyl (C=O) groups is 4. The number of nitrogens with one attached hydrogen (secondary N) is 4. The first-order valence-electron chi connectivity index (χ1n) is 17.5. The topological polar surface area (TPSA) is 184 Å². The van der Waals surface area contributed by atoms with Crippen molar-refractivity contribution >= 4 is 24.0 Å². The van der Waals surface area contributed by atoms with Crippen LogP contribution in [-0.4, -0.2) is 94.1 Å². The van der Waals surface area contributed by atoms with Gasteiger partial charge in [0.05, 0.1) is 44.9 Å². The lowest BCUT2D eigenvalue weighted by atomic mass is 9.86. The van der Waals surface area contributed by atoms with Crippen molar-refractivity contribution in [1.82, 2.24) is 40.4 Å². The number of aryl methyl sites for hydroxylation is 2. The van der Waals surface area contributed by atoms with E-state index in [1.807, 2.05) is 13.8 Å². The molecule has 2 aromatic heterocycles. The third kappa shape index (κ3) is 7.87. The lowest BCUT2D eigenvalue weighted by Crippen LogP contribution is -2.40. The number of carbonyl (C=O) groups excluding carboxylic acids is 4. The van der Waals surface area contributed by atoms with Crippen LogP contribution in [0.15, 0.2) is 36.5 Å². The molecule has 4 N–H and O–H groups in total. The van der Waals surface area contributed by atoms with Gasteiger partial charge in [-0.05, 0) is 66.1 Å². The van der Waals surface area contributed by atoms with Crippen molar-refractivity contribution in [2.45, 2.75) is 59.2 Å². The quantitative estimate of drug-likeness (QED) is 0.157. The van der Waals surface area contributed by atoms with Gasteiger partial charge in [-0.2, -0.15) is 0 Å². The van der Waals surface area contributed by atoms with E-state index in [1.54, 1.807) is 16.0 Å². The predicted octanol–water partition coefficient (Wildman–Crippen LogP) is 4.31. The van der Waals surface area contributed by atoms with Crippen LogP contribution in [0.4, 0.5) is 9.59 Å². The van der Waals surface area contributed by atoms with Gasteiger partial charge in [0.2, 0.25) is 11.8 Å². The van der Waals surface area contributed by atoms with E-state index < -0.39 is 12.2 Å². The molecular formula is C37H44N8O7. The first kappa shape index (κ1) is 35.9. The minimum atomic E-state index is -0.653. The predicted molar refractivity (Wildman–Crippen MR) is 191 cm³/mol. The fourth-order valence-corrected chi connectivity index (χ4v) is 6.62. The standard InChI is InChI=1S/C37H44N8O7/c1-5-11-44(33(46)17-39-36(48)50-3)19-31-38-16-29(42-31)23-7-9-25-24(13-23)21-52-30-15-26-22(14-27(25)30)8-10-28-35(26)43-32(41-28)20-45(12-6-2)34(47)18-40-37(49)51-4/h7,9,13-16H,5-6,8,10-12,17-21H2,1-4H3,(H,38,42)(H,39,48)(H,40,49)(H,41,43). The van der Waals surface area contributed by atoms with Crippen molar-refractivity contribution < 1.29 is 33.4 Å². The second kappa shape index (κ2) is 16.0. The van der Waals surface area contributed by atoms with Gasteiger partial charge in [0, 0.05) is 29.9 Å². The summed E-state index contributed by atoms with van der Waals surface area (Å²) in [5.41, 5.74) is 9.06. The first-order valence-corrected chi connectivity index (χ1v) is 17.5. The molecule has 6 rings (SSSR count). The molecule has 0 radical (unpaired) electrons. The summed E-state index contributed by atoms with van der Waals surface area (Å²) in [5, 5.41) is 4.90. The molecule has 1 aliphatic carbocycles. The molecule has 0 unspecified atom stereocenters. The third-order valence-corrected chi connectivity index (χ3v) is 9.16. The Labute approximate surface area is 301 Å². The number of benzene rings is 2. The van der Waals surface area contributed by atoms with Crippen LogP contribution < -0.4 is 15.4 Å². The van der Waals surface area contributed by atoms with Crippen LogP contribution in [0.5, 0.6) is 5.75 Å². The smallest absolute Gasteiger partial charge is 0.407 e. The van der Waals surface area contributed by atoms with Crippen molar-refractivity contribution in [2.75, 3.05) is 40.4 Å². The molecule has 15 nitrogen and oxygen atoms in total. The summed E-state index contributed by atoms with van der Waals surface area (Å²) in [6.45, 7) is 5.72. The summed E-state index contributed by atoms with van der Waals surface area (Å²) in [6.07, 6.45) is 3.61. The summed E-state index contributed by atoms with van der Waals surface area (Å²) in [6, 6.07) is 10.5. The Hall–Kier alpha value is -5.86. The van der Waals surface area contributed by atoms with E-state index in [9.17, 15) is 19.2 Å². The van der Waals surface area contributed by atoms with Crippen LogP contribution in [0.3, 0.4) is 0 Å². The summed E-state index contributed by atoms with van der Waals surface area (Å²) >= 11 is 0. The molecule has 0 bridgehead atoms. The van der Waals surface area contributed by atoms with Gasteiger partial charge in [-0.15, -0.1) is 0 Å². The van der Waals surface area contributed by atoms with E-state index in [0.29, 0.717) is 37.9 Å². The van der Waals surface area contributed by atoms with Crippen molar-refractivity contribution in [3.8, 4) is 39.4 Å². The monoisotopic (exact) mass is 712 g/mol. The number of imidazole rings is 2. The second-order valence-electron chi connectivity index (χ2n) is 12.7. The van der Waals surface area contributed by atoms with E-state index in [-0.39, 0.29) is 31.4 Å². The largest absolute Gasteiger partial charge is 0.488 e. The number of aromatic nitrogens is 4. The Morgan fingerprint density at radius 2 is 1.48 bits per heavy atom. The Bertz CT molecular complexity index is 1970. The van der Waals surface area contributed by atoms with Gasteiger partial charge >= 0.3 is 12.2 Å². The first-order chi connectivity index (χ1) is 25.2. The van der Waals surface area contributed by atoms with E-state index in [4.69, 9.17) is 9.72 Å². The molecule has 1 aliphatic heterocycles. The lowest BCUT2D eigenvalue weighted by molar-refractivity contribution is -0.131. The van der Waals surface area contributed by atoms with Gasteiger partial charge in [0.1, 0.15) is 37.1 Å². The molecule has 4 aromatic rings. The molecule has 4 amide bonds. The minimum Gasteiger partial charge on any atom is -0.488 e. The van der Waals surface area contributed by atoms with Gasteiger partial charge in [-0.25, -0.2) is 19.6 Å². The van der Waals surface area contributed by atoms with Gasteiger partial charge in [-0.1, -0.05) is 26.0 Å². The lowest BCUT2D eigenvalue weighted by Gasteiger charge is -2.25. The zero-order valence-corrected chi connectivity index (χ0v) is 29.9. The molecule has 0 saturated heterocycles. The minimum absolute atomic E-state index is 0.149. The molecule has 0 fully saturated rings. The maximum Gasteiger partial charge on any atom is 0.407 e. The number of alkyl carbamates (subject to hydrolysis) is 2. The maximum absolute atomic E-state index is 12.9. The zero-order valence-electron chi connectivity index (χ0n) is 29.9. The second-order valence-corrected chi connectivity index (χ2v) is 12.7. The maximum atomic E-state index is 12.9. The molecule has 52 heavy (non-hydrogen) atoms. The van der Waals surface area contributed by atoms with Crippen LogP contribution in [0.2, 0.25) is 0 Å². The molecule has 0 atom stereocenters. The van der Waals surface area contributed by atoms with Crippen molar-refractivity contribution in [3.05, 3.63) is 65.0 Å². The Balaban J connectivity index is 1.17. The summed E-state index contributed by atoms with van der Waals surface area (Å²) in [7, 11) is 2.52. The number of rotatable bonds is 13. The Morgan fingerprint density at radius 3 is 2.13 bits per heavy atom. The van der Waals surface area contributed by atoms with Crippen LogP contribution >= 0.6 is 0 Å². The number of H-pyrrole nitrogens is 2. The number of hydrogen-bond acceptors (Lipinski definition) is 9. The van der Waals surface area contributed by atoms with E-state index >= 15 is 0 Å². The highest BCUT2D eigenvalue weighted by Gasteiger charge is 2.27. The van der Waals surface area contributed by atoms with Crippen LogP contribution in [-0.2, 0) is 51.6 Å². The summed E-state index contributed by atoms with van der Waals surface area (Å²) in [4.78, 5) is 68.1. The fourth-order valence-electron chi connectivity index (χ4n) is 6.62. The van der Waals surface area contributed by atoms with Gasteiger partial charge < -0.3 is 44.6 Å². The highest BCUT2D eigenvalue weighted by atomic mass is 16.5. The van der Waals surface area contributed by atoms with Gasteiger partial charge in [0.15, 0.2) is 0 Å². The summed E-state index contributed by atoms with van der Waals surface area (Å²) < 4.78 is 15.5. The van der Waals surface area contributed by atoms with Crippen molar-refractivity contribution in [2.24, 2.45) is 0 Å². The highest BCUT2D eigenvalue weighted by Crippen LogP contribution is 2.44. The van der Waals surface area contributed by atoms with Crippen LogP contribution in [0, 0.1) is 0 Å². The molecule has 2 aliphatic rings. The van der Waals surface area contributed by atoms with E-state index in [0.717, 1.165) is 76.3 Å². The Kier molecular flexibility index (Phi) is 11.1. The average molecular weight is 713 g/mol. The fraction of sp³-hybridized carbons (Fsp3) is 0.405. The SMILES string of the molecule is CCCN(Cc1ncc(-c2ccc3c(c2)COc2cc4c(cc2-3)CCc2[nH]c(CN(CCC)C(=O)CNC(=O)OC)nc2-4)[nH]1)C(=O)CNC(=O)OC. The van der Waals surface area contributed by atoms with Crippen molar-refractivity contribution in [1.29, 1.82) is 0 Å². The number of fused-ring (bicyclic) bond motifs is 6. The number of nitrogens with zero attached hydrogens (tertiary/aromatic N) is 4. The average Bonchev–Trinajstić information content (AvgIpc) is 3.81. The third-order valence-electron chi connectivity index (χ3n) is 9.16. The Morgan fingerprint density at radius 1 is 0.808 bits per heavy atom.